The van der Waals surface area contributed by atoms with Gasteiger partial charge in [0.1, 0.15) is 5.69 Å². The number of hydrogen-bond donors (Lipinski definition) is 0. The summed E-state index contributed by atoms with van der Waals surface area (Å²) in [5, 5.41) is 0. The Kier molecular flexibility index (Phi) is 6.41. The normalized spacial score (nSPS) is 14.4. The van der Waals surface area contributed by atoms with E-state index in [1.54, 1.807) is 4.68 Å². The Hall–Kier alpha value is -3.84. The molecule has 0 spiro atoms. The molecule has 2 aromatic heterocycles. The number of carbonyl (C=O) groups is 1. The summed E-state index contributed by atoms with van der Waals surface area (Å²) in [6, 6.07) is 22.0. The van der Waals surface area contributed by atoms with Crippen molar-refractivity contribution in [3.63, 3.8) is 0 Å². The number of nitrogens with zero attached hydrogens (tertiary/aromatic N) is 5. The zero-order chi connectivity index (χ0) is 25.4. The molecule has 0 amide bonds. The average Bonchev–Trinajstić information content (AvgIpc) is 3.30. The number of anilines is 1. The van der Waals surface area contributed by atoms with Gasteiger partial charge in [0, 0.05) is 55.9 Å². The van der Waals surface area contributed by atoms with Crippen LogP contribution in [0.4, 0.5) is 5.69 Å². The fraction of sp³-hybridized carbons (Fsp3) is 0.310. The van der Waals surface area contributed by atoms with Crippen LogP contribution in [-0.2, 0) is 7.05 Å². The molecule has 1 aliphatic heterocycles. The van der Waals surface area contributed by atoms with Crippen LogP contribution in [0.3, 0.4) is 0 Å². The number of benzene rings is 2. The van der Waals surface area contributed by atoms with Crippen molar-refractivity contribution >= 4 is 11.5 Å². The molecule has 186 valence electrons. The maximum atomic E-state index is 13.6. The quantitative estimate of drug-likeness (QED) is 0.391. The Morgan fingerprint density at radius 3 is 2.00 bits per heavy atom. The molecule has 36 heavy (non-hydrogen) atoms. The topological polar surface area (TPSA) is 55.4 Å². The van der Waals surface area contributed by atoms with Crippen LogP contribution in [0.15, 0.2) is 71.5 Å². The predicted molar refractivity (Wildman–Crippen MR) is 144 cm³/mol. The van der Waals surface area contributed by atoms with Crippen molar-refractivity contribution in [2.24, 2.45) is 7.05 Å². The van der Waals surface area contributed by atoms with E-state index in [4.69, 9.17) is 0 Å². The zero-order valence-corrected chi connectivity index (χ0v) is 21.4. The Morgan fingerprint density at radius 2 is 1.39 bits per heavy atom. The highest BCUT2D eigenvalue weighted by atomic mass is 16.1. The molecule has 1 fully saturated rings. The standard InChI is InChI=1S/C29H33N5O2/c1-21-19-26(27(35)20-31-15-17-32(18-16-31)24-11-7-5-8-12-24)22(2)33(21)28-23(3)30(4)34(29(28)36)25-13-9-6-10-14-25/h5-14,19H,15-18,20H2,1-4H3. The molecule has 0 N–H and O–H groups in total. The van der Waals surface area contributed by atoms with E-state index in [1.165, 1.54) is 5.69 Å². The second-order valence-corrected chi connectivity index (χ2v) is 9.55. The predicted octanol–water partition coefficient (Wildman–Crippen LogP) is 3.90. The maximum absolute atomic E-state index is 13.6. The molecule has 4 aromatic rings. The van der Waals surface area contributed by atoms with E-state index in [0.717, 1.165) is 48.9 Å². The lowest BCUT2D eigenvalue weighted by Gasteiger charge is -2.35. The van der Waals surface area contributed by atoms with E-state index < -0.39 is 0 Å². The smallest absolute Gasteiger partial charge is 0.295 e. The Labute approximate surface area is 211 Å². The summed E-state index contributed by atoms with van der Waals surface area (Å²) in [7, 11) is 1.89. The van der Waals surface area contributed by atoms with E-state index >= 15 is 0 Å². The second-order valence-electron chi connectivity index (χ2n) is 9.55. The molecule has 5 rings (SSSR count). The molecular weight excluding hydrogens is 450 g/mol. The van der Waals surface area contributed by atoms with E-state index in [0.29, 0.717) is 17.8 Å². The molecule has 7 heteroatoms. The van der Waals surface area contributed by atoms with Gasteiger partial charge >= 0.3 is 0 Å². The van der Waals surface area contributed by atoms with Crippen LogP contribution < -0.4 is 10.5 Å². The second kappa shape index (κ2) is 9.66. The first-order valence-electron chi connectivity index (χ1n) is 12.5. The van der Waals surface area contributed by atoms with Gasteiger partial charge in [0.05, 0.1) is 17.9 Å². The van der Waals surface area contributed by atoms with E-state index in [-0.39, 0.29) is 11.3 Å². The van der Waals surface area contributed by atoms with E-state index in [1.807, 2.05) is 79.5 Å². The summed E-state index contributed by atoms with van der Waals surface area (Å²) in [5.41, 5.74) is 5.76. The number of carbonyl (C=O) groups excluding carboxylic acids is 1. The van der Waals surface area contributed by atoms with Crippen molar-refractivity contribution in [3.8, 4) is 11.4 Å². The van der Waals surface area contributed by atoms with Crippen LogP contribution in [-0.4, -0.2) is 57.3 Å². The van der Waals surface area contributed by atoms with Crippen LogP contribution in [0.1, 0.15) is 27.4 Å². The van der Waals surface area contributed by atoms with Crippen molar-refractivity contribution in [3.05, 3.63) is 99.7 Å². The monoisotopic (exact) mass is 483 g/mol. The summed E-state index contributed by atoms with van der Waals surface area (Å²) in [6.45, 7) is 9.72. The third-order valence-electron chi connectivity index (χ3n) is 7.34. The summed E-state index contributed by atoms with van der Waals surface area (Å²) >= 11 is 0. The summed E-state index contributed by atoms with van der Waals surface area (Å²) in [5.74, 6) is 0.0967. The van der Waals surface area contributed by atoms with Crippen LogP contribution >= 0.6 is 0 Å². The van der Waals surface area contributed by atoms with Gasteiger partial charge in [-0.05, 0) is 51.1 Å². The minimum Gasteiger partial charge on any atom is -0.369 e. The molecule has 3 heterocycles. The molecule has 0 atom stereocenters. The summed E-state index contributed by atoms with van der Waals surface area (Å²) in [4.78, 5) is 31.6. The lowest BCUT2D eigenvalue weighted by atomic mass is 10.1. The molecule has 2 aromatic carbocycles. The first-order chi connectivity index (χ1) is 17.4. The molecular formula is C29H33N5O2. The highest BCUT2D eigenvalue weighted by Crippen LogP contribution is 2.23. The third kappa shape index (κ3) is 4.20. The largest absolute Gasteiger partial charge is 0.369 e. The van der Waals surface area contributed by atoms with Crippen molar-refractivity contribution in [1.82, 2.24) is 18.8 Å². The minimum absolute atomic E-state index is 0.0967. The molecule has 1 saturated heterocycles. The molecule has 0 bridgehead atoms. The van der Waals surface area contributed by atoms with Gasteiger partial charge < -0.3 is 9.47 Å². The van der Waals surface area contributed by atoms with Crippen molar-refractivity contribution in [2.45, 2.75) is 20.8 Å². The number of rotatable bonds is 6. The molecule has 1 aliphatic rings. The summed E-state index contributed by atoms with van der Waals surface area (Å²) in [6.07, 6.45) is 0. The summed E-state index contributed by atoms with van der Waals surface area (Å²) < 4.78 is 5.49. The minimum atomic E-state index is -0.0981. The van der Waals surface area contributed by atoms with Crippen LogP contribution in [0.25, 0.3) is 11.4 Å². The van der Waals surface area contributed by atoms with E-state index in [2.05, 4.69) is 34.1 Å². The number of para-hydroxylation sites is 2. The number of ketones is 1. The van der Waals surface area contributed by atoms with Gasteiger partial charge in [-0.25, -0.2) is 4.68 Å². The van der Waals surface area contributed by atoms with Crippen LogP contribution in [0.2, 0.25) is 0 Å². The Bertz CT molecular complexity index is 1440. The SMILES string of the molecule is Cc1cc(C(=O)CN2CCN(c3ccccc3)CC2)c(C)n1-c1c(C)n(C)n(-c2ccccc2)c1=O. The molecule has 0 radical (unpaired) electrons. The number of Topliss-reactive ketones (excluding diaryl/α,β-unsaturated/α-hetero) is 1. The van der Waals surface area contributed by atoms with Crippen molar-refractivity contribution in [2.75, 3.05) is 37.6 Å². The van der Waals surface area contributed by atoms with Gasteiger partial charge in [-0.15, -0.1) is 0 Å². The highest BCUT2D eigenvalue weighted by molar-refractivity contribution is 5.99. The number of piperazine rings is 1. The van der Waals surface area contributed by atoms with E-state index in [9.17, 15) is 9.59 Å². The first kappa shape index (κ1) is 23.9. The lowest BCUT2D eigenvalue weighted by molar-refractivity contribution is 0.0926. The van der Waals surface area contributed by atoms with Gasteiger partial charge in [-0.1, -0.05) is 36.4 Å². The Balaban J connectivity index is 1.38. The fourth-order valence-electron chi connectivity index (χ4n) is 5.29. The highest BCUT2D eigenvalue weighted by Gasteiger charge is 2.25. The van der Waals surface area contributed by atoms with Crippen LogP contribution in [0, 0.1) is 20.8 Å². The number of hydrogen-bond acceptors (Lipinski definition) is 4. The Morgan fingerprint density at radius 1 is 0.806 bits per heavy atom. The molecule has 0 aliphatic carbocycles. The number of aromatic nitrogens is 3. The lowest BCUT2D eigenvalue weighted by Crippen LogP contribution is -2.48. The third-order valence-corrected chi connectivity index (χ3v) is 7.34. The molecule has 7 nitrogen and oxygen atoms in total. The van der Waals surface area contributed by atoms with Crippen molar-refractivity contribution < 1.29 is 4.79 Å². The van der Waals surface area contributed by atoms with Gasteiger partial charge in [0.25, 0.3) is 5.56 Å². The molecule has 0 saturated carbocycles. The van der Waals surface area contributed by atoms with Gasteiger partial charge in [0.15, 0.2) is 5.78 Å². The van der Waals surface area contributed by atoms with Crippen molar-refractivity contribution in [1.29, 1.82) is 0 Å². The maximum Gasteiger partial charge on any atom is 0.295 e. The number of aryl methyl sites for hydroxylation is 1. The van der Waals surface area contributed by atoms with Gasteiger partial charge in [-0.2, -0.15) is 0 Å². The first-order valence-corrected chi connectivity index (χ1v) is 12.5. The van der Waals surface area contributed by atoms with Gasteiger partial charge in [-0.3, -0.25) is 19.2 Å². The fourth-order valence-corrected chi connectivity index (χ4v) is 5.29. The zero-order valence-electron chi connectivity index (χ0n) is 21.4. The average molecular weight is 484 g/mol. The molecule has 0 unspecified atom stereocenters. The van der Waals surface area contributed by atoms with Crippen LogP contribution in [0.5, 0.6) is 0 Å². The van der Waals surface area contributed by atoms with Gasteiger partial charge in [0.2, 0.25) is 0 Å².